The molecule has 2 N–H and O–H groups in total. The third-order valence-electron chi connectivity index (χ3n) is 23.2. The number of nitrogens with zero attached hydrogens (tertiary/aromatic N) is 12. The first kappa shape index (κ1) is 95.0. The molecule has 134 heavy (non-hydrogen) atoms. The number of primary amides is 1. The van der Waals surface area contributed by atoms with Gasteiger partial charge >= 0.3 is 11.9 Å². The highest BCUT2D eigenvalue weighted by Gasteiger charge is 2.26. The number of carbonyl (C=O) groups is 3. The highest BCUT2D eigenvalue weighted by Crippen LogP contribution is 2.42. The molecule has 0 spiro atoms. The molecule has 0 radical (unpaired) electrons. The third kappa shape index (κ3) is 19.3. The maximum atomic E-state index is 14.1. The first-order valence-corrected chi connectivity index (χ1v) is 44.0. The van der Waals surface area contributed by atoms with Gasteiger partial charge in [-0.05, 0) is 202 Å². The summed E-state index contributed by atoms with van der Waals surface area (Å²) < 4.78 is 72.9. The summed E-state index contributed by atoms with van der Waals surface area (Å²) in [4.78, 5) is 43.4. The molecule has 678 valence electrons. The number of methoxy groups -OCH3 is 7. The molecule has 0 unspecified atom stereocenters. The Hall–Kier alpha value is -16.6. The molecule has 0 saturated heterocycles. The van der Waals surface area contributed by atoms with E-state index in [1.165, 1.54) is 33.0 Å². The third-order valence-corrected chi connectivity index (χ3v) is 24.0. The van der Waals surface area contributed by atoms with E-state index in [0.29, 0.717) is 87.5 Å². The van der Waals surface area contributed by atoms with E-state index in [1.54, 1.807) is 94.8 Å². The number of halogens is 1. The largest absolute Gasteiger partial charge is 0.497 e. The molecule has 0 aliphatic carbocycles. The van der Waals surface area contributed by atoms with Gasteiger partial charge in [0.1, 0.15) is 64.3 Å². The zero-order valence-corrected chi connectivity index (χ0v) is 78.1. The maximum absolute atomic E-state index is 14.1. The zero-order chi connectivity index (χ0) is 95.7. The number of benzene rings is 10. The molecule has 8 heterocycles. The molecule has 0 bridgehead atoms. The van der Waals surface area contributed by atoms with Crippen molar-refractivity contribution < 1.29 is 61.1 Å². The van der Waals surface area contributed by atoms with Gasteiger partial charge in [-0.25, -0.2) is 23.9 Å². The minimum atomic E-state index is -0.466. The number of rotatable bonds is 21. The predicted octanol–water partition coefficient (Wildman–Crippen LogP) is 23.3. The summed E-state index contributed by atoms with van der Waals surface area (Å²) in [6, 6.07) is 71.4. The van der Waals surface area contributed by atoms with Crippen molar-refractivity contribution >= 4 is 94.6 Å². The number of oxazole rings is 1. The average molecular weight is 1810 g/mol. The molecule has 0 aliphatic heterocycles. The lowest BCUT2D eigenvalue weighted by atomic mass is 9.99. The number of ether oxygens (including phenoxy) is 8. The van der Waals surface area contributed by atoms with E-state index in [1.807, 2.05) is 201 Å². The van der Waals surface area contributed by atoms with Gasteiger partial charge in [-0.3, -0.25) is 4.79 Å². The number of aromatic nitrogens is 8. The summed E-state index contributed by atoms with van der Waals surface area (Å²) in [6.45, 7) is 18.0. The molecule has 10 aromatic carbocycles. The Labute approximate surface area is 779 Å². The monoisotopic (exact) mass is 1810 g/mol. The number of hydrogen-bond acceptors (Lipinski definition) is 19. The van der Waals surface area contributed by atoms with Gasteiger partial charge in [-0.2, -0.15) is 21.0 Å². The number of fused-ring (bicyclic) bond motifs is 6. The topological polar surface area (TPSA) is 315 Å². The molecule has 0 aliphatic rings. The number of hydrogen-bond donors (Lipinski definition) is 1. The highest BCUT2D eigenvalue weighted by molar-refractivity contribution is 7.13. The van der Waals surface area contributed by atoms with E-state index in [0.717, 1.165) is 151 Å². The van der Waals surface area contributed by atoms with Gasteiger partial charge in [0.05, 0.1) is 146 Å². The number of nitrogens with two attached hydrogens (primary N) is 1. The standard InChI is InChI=1S/C21H21N3O.C19H17FN2O2.C19H18N2O2.C18H16N2O2.C15H14N2O3.C15H14N2O2S/c1-4-24-19-11-16(21(23)25)9-10-17(19)18(12-22)20(24)15-7-5-14(6-8-15)13(2)3;1-4-22-17-10-13(23-2)6-7-14(17)15(11-21)19(22)12-5-8-18(24-3)16(20)9-12;1-4-23-14-7-5-13(6-8-14)19-17(12-20)16-10-9-15(22-3)11-18(16)21(19)2;1-20-17-10-14(22-3)8-9-15(17)16(11-19)18(20)12-4-6-13(21-2)7-5-12;2*1-3-17-9-12(14-16-6-7-20-14)11-5-4-10(8-13(11)17)15(18)19-2/h5-11,13H,4H2,1-3H3,(H2,23,25);5-10H,4H2,1-3H3;5-11H,4H2,1-3H3;4-10H,1-3H3;2*4-9H,3H2,1-2H3. The first-order chi connectivity index (χ1) is 65.0. The van der Waals surface area contributed by atoms with E-state index in [4.69, 9.17) is 48.0 Å². The fourth-order valence-electron chi connectivity index (χ4n) is 16.5. The van der Waals surface area contributed by atoms with E-state index in [2.05, 4.69) is 99.2 Å². The van der Waals surface area contributed by atoms with Crippen LogP contribution < -0.4 is 34.2 Å². The summed E-state index contributed by atoms with van der Waals surface area (Å²) in [5.74, 6) is 3.53. The average Bonchev–Trinajstić information content (AvgIpc) is 1.56. The van der Waals surface area contributed by atoms with Gasteiger partial charge < -0.3 is 75.4 Å². The number of carbonyl (C=O) groups excluding carboxylic acids is 3. The van der Waals surface area contributed by atoms with Crippen LogP contribution in [0.1, 0.15) is 113 Å². The van der Waals surface area contributed by atoms with Gasteiger partial charge in [0.15, 0.2) is 11.6 Å². The van der Waals surface area contributed by atoms with Crippen LogP contribution in [0.2, 0.25) is 0 Å². The second-order valence-electron chi connectivity index (χ2n) is 30.8. The lowest BCUT2D eigenvalue weighted by molar-refractivity contribution is 0.0592. The van der Waals surface area contributed by atoms with Gasteiger partial charge in [-0.1, -0.05) is 56.3 Å². The summed E-state index contributed by atoms with van der Waals surface area (Å²) in [5.41, 5.74) is 25.4. The molecule has 8 aromatic heterocycles. The second-order valence-corrected chi connectivity index (χ2v) is 31.7. The number of thiazole rings is 1. The van der Waals surface area contributed by atoms with Crippen molar-refractivity contribution in [3.05, 3.63) is 287 Å². The summed E-state index contributed by atoms with van der Waals surface area (Å²) in [5, 5.41) is 47.3. The number of nitriles is 4. The summed E-state index contributed by atoms with van der Waals surface area (Å²) in [6.07, 6.45) is 9.04. The van der Waals surface area contributed by atoms with E-state index >= 15 is 0 Å². The van der Waals surface area contributed by atoms with Gasteiger partial charge in [0.2, 0.25) is 11.8 Å². The lowest BCUT2D eigenvalue weighted by Crippen LogP contribution is -2.10. The highest BCUT2D eigenvalue weighted by atomic mass is 32.1. The Morgan fingerprint density at radius 2 is 0.836 bits per heavy atom. The second kappa shape index (κ2) is 42.7. The van der Waals surface area contributed by atoms with Crippen LogP contribution in [0, 0.1) is 51.1 Å². The smallest absolute Gasteiger partial charge is 0.337 e. The van der Waals surface area contributed by atoms with Crippen LogP contribution in [0.15, 0.2) is 241 Å². The molecule has 1 amide bonds. The van der Waals surface area contributed by atoms with Crippen molar-refractivity contribution in [1.29, 1.82) is 21.0 Å². The fourth-order valence-corrected chi connectivity index (χ4v) is 17.2. The Kier molecular flexibility index (Phi) is 30.3. The minimum Gasteiger partial charge on any atom is -0.497 e. The quantitative estimate of drug-likeness (QED) is 0.0653. The Morgan fingerprint density at radius 3 is 1.25 bits per heavy atom. The van der Waals surface area contributed by atoms with Crippen LogP contribution in [-0.2, 0) is 49.7 Å². The van der Waals surface area contributed by atoms with Gasteiger partial charge in [0, 0.05) is 142 Å². The van der Waals surface area contributed by atoms with Gasteiger partial charge in [0.25, 0.3) is 0 Å². The normalized spacial score (nSPS) is 10.7. The maximum Gasteiger partial charge on any atom is 0.337 e. The van der Waals surface area contributed by atoms with Crippen LogP contribution >= 0.6 is 11.3 Å². The van der Waals surface area contributed by atoms with Crippen molar-refractivity contribution in [3.8, 4) is 126 Å². The molecule has 25 nitrogen and oxygen atoms in total. The molecule has 18 aromatic rings. The molecule has 0 atom stereocenters. The van der Waals surface area contributed by atoms with Crippen LogP contribution in [0.5, 0.6) is 34.5 Å². The molecule has 0 saturated carbocycles. The Bertz CT molecular complexity index is 7380. The minimum absolute atomic E-state index is 0.179. The van der Waals surface area contributed by atoms with E-state index in [-0.39, 0.29) is 17.7 Å². The van der Waals surface area contributed by atoms with Crippen LogP contribution in [-0.4, -0.2) is 112 Å². The molecule has 27 heteroatoms. The molecular weight excluding hydrogens is 1710 g/mol. The summed E-state index contributed by atoms with van der Waals surface area (Å²) in [7, 11) is 14.6. The molecular formula is C107H100FN13O12S. The van der Waals surface area contributed by atoms with Crippen molar-refractivity contribution in [1.82, 2.24) is 37.4 Å². The van der Waals surface area contributed by atoms with Crippen molar-refractivity contribution in [2.45, 2.75) is 80.6 Å². The lowest BCUT2D eigenvalue weighted by Gasteiger charge is -2.11. The van der Waals surface area contributed by atoms with E-state index < -0.39 is 11.7 Å². The molecule has 0 fully saturated rings. The summed E-state index contributed by atoms with van der Waals surface area (Å²) >= 11 is 1.61. The number of aryl methyl sites for hydroxylation is 6. The Morgan fingerprint density at radius 1 is 0.433 bits per heavy atom. The van der Waals surface area contributed by atoms with Crippen molar-refractivity contribution in [2.75, 3.05) is 56.4 Å². The molecule has 18 rings (SSSR count). The van der Waals surface area contributed by atoms with Crippen molar-refractivity contribution in [2.24, 2.45) is 19.8 Å². The number of amides is 1. The van der Waals surface area contributed by atoms with E-state index in [9.17, 15) is 39.8 Å². The predicted molar refractivity (Wildman–Crippen MR) is 523 cm³/mol. The Balaban J connectivity index is 0.000000137. The number of esters is 2. The van der Waals surface area contributed by atoms with Crippen LogP contribution in [0.3, 0.4) is 0 Å². The zero-order valence-electron chi connectivity index (χ0n) is 77.3. The first-order valence-electron chi connectivity index (χ1n) is 43.1. The van der Waals surface area contributed by atoms with Crippen LogP contribution in [0.4, 0.5) is 4.39 Å². The fraction of sp³-hybridized carbons (Fsp3) is 0.206. The van der Waals surface area contributed by atoms with Gasteiger partial charge in [-0.15, -0.1) is 11.3 Å². The van der Waals surface area contributed by atoms with Crippen LogP contribution in [0.25, 0.3) is 132 Å². The SMILES string of the molecule is CCOc1ccc(-c2c(C#N)c3ccc(OC)cc3n2C)cc1.CCn1c(-c2ccc(C(C)C)cc2)c(C#N)c2ccc(C(N)=O)cc21.CCn1c(-c2ccc(OC)c(F)c2)c(C#N)c2ccc(OC)cc21.CCn1cc(-c2ncco2)c2ccc(C(=O)OC)cc21.CCn1cc(-c2nccs2)c2ccc(C(=O)OC)cc21.COc1ccc(-c2c(C#N)c3ccc(OC)cc3n2C)cc1. The van der Waals surface area contributed by atoms with Crippen molar-refractivity contribution in [3.63, 3.8) is 0 Å².